The molecule has 118 valence electrons. The van der Waals surface area contributed by atoms with Crippen LogP contribution in [-0.4, -0.2) is 44.9 Å². The number of rotatable bonds is 7. The summed E-state index contributed by atoms with van der Waals surface area (Å²) in [5.41, 5.74) is 1.05. The molecule has 4 nitrogen and oxygen atoms in total. The van der Waals surface area contributed by atoms with Gasteiger partial charge in [-0.25, -0.2) is 13.1 Å². The van der Waals surface area contributed by atoms with Gasteiger partial charge in [0.1, 0.15) is 0 Å². The van der Waals surface area contributed by atoms with Gasteiger partial charge in [0.2, 0.25) is 10.0 Å². The molecule has 6 heteroatoms. The molecule has 1 atom stereocenters. The molecule has 0 saturated carbocycles. The third kappa shape index (κ3) is 4.68. The molecule has 1 aromatic rings. The molecule has 2 rings (SSSR count). The minimum absolute atomic E-state index is 0.234. The standard InChI is InChI=1S/C15H23ClN2O2S/c1-13(18-10-2-3-11-18)12-17-21(19,20)15-6-4-14(5-7-15)8-9-16/h4-7,13,17H,2-3,8-12H2,1H3. The van der Waals surface area contributed by atoms with E-state index in [0.717, 1.165) is 25.1 Å². The van der Waals surface area contributed by atoms with Gasteiger partial charge < -0.3 is 0 Å². The van der Waals surface area contributed by atoms with Gasteiger partial charge >= 0.3 is 0 Å². The van der Waals surface area contributed by atoms with Gasteiger partial charge in [-0.1, -0.05) is 12.1 Å². The Kier molecular flexibility index (Phi) is 6.05. The van der Waals surface area contributed by atoms with Crippen molar-refractivity contribution >= 4 is 21.6 Å². The fourth-order valence-electron chi connectivity index (χ4n) is 2.57. The first kappa shape index (κ1) is 16.7. The summed E-state index contributed by atoms with van der Waals surface area (Å²) in [6.45, 7) is 4.65. The highest BCUT2D eigenvalue weighted by Crippen LogP contribution is 2.13. The maximum Gasteiger partial charge on any atom is 0.240 e. The van der Waals surface area contributed by atoms with Crippen LogP contribution in [0.3, 0.4) is 0 Å². The number of sulfonamides is 1. The van der Waals surface area contributed by atoms with Crippen LogP contribution in [0.25, 0.3) is 0 Å². The zero-order chi connectivity index (χ0) is 15.3. The molecule has 1 aliphatic rings. The van der Waals surface area contributed by atoms with Crippen LogP contribution in [0.2, 0.25) is 0 Å². The summed E-state index contributed by atoms with van der Waals surface area (Å²) >= 11 is 5.68. The first-order valence-electron chi connectivity index (χ1n) is 7.41. The summed E-state index contributed by atoms with van der Waals surface area (Å²) in [7, 11) is -3.43. The lowest BCUT2D eigenvalue weighted by atomic mass is 10.2. The van der Waals surface area contributed by atoms with Gasteiger partial charge in [-0.05, 0) is 57.0 Å². The average Bonchev–Trinajstić information content (AvgIpc) is 3.00. The van der Waals surface area contributed by atoms with E-state index in [1.54, 1.807) is 12.1 Å². The maximum absolute atomic E-state index is 12.3. The third-order valence-electron chi connectivity index (χ3n) is 3.95. The lowest BCUT2D eigenvalue weighted by Gasteiger charge is -2.23. The van der Waals surface area contributed by atoms with Crippen LogP contribution in [0.15, 0.2) is 29.2 Å². The number of hydrogen-bond donors (Lipinski definition) is 1. The Hall–Kier alpha value is -0.620. The maximum atomic E-state index is 12.3. The monoisotopic (exact) mass is 330 g/mol. The van der Waals surface area contributed by atoms with Crippen molar-refractivity contribution in [1.29, 1.82) is 0 Å². The van der Waals surface area contributed by atoms with Crippen molar-refractivity contribution in [2.24, 2.45) is 0 Å². The van der Waals surface area contributed by atoms with E-state index in [9.17, 15) is 8.42 Å². The molecule has 0 aromatic heterocycles. The third-order valence-corrected chi connectivity index (χ3v) is 5.58. The first-order chi connectivity index (χ1) is 10.0. The zero-order valence-electron chi connectivity index (χ0n) is 12.4. The molecule has 0 amide bonds. The molecule has 0 radical (unpaired) electrons. The molecule has 0 spiro atoms. The first-order valence-corrected chi connectivity index (χ1v) is 9.43. The van der Waals surface area contributed by atoms with Gasteiger partial charge in [-0.15, -0.1) is 11.6 Å². The smallest absolute Gasteiger partial charge is 0.240 e. The van der Waals surface area contributed by atoms with Crippen molar-refractivity contribution in [2.45, 2.75) is 37.1 Å². The van der Waals surface area contributed by atoms with Crippen molar-refractivity contribution in [3.8, 4) is 0 Å². The van der Waals surface area contributed by atoms with Crippen LogP contribution in [0, 0.1) is 0 Å². The lowest BCUT2D eigenvalue weighted by molar-refractivity contribution is 0.260. The quantitative estimate of drug-likeness (QED) is 0.780. The number of hydrogen-bond acceptors (Lipinski definition) is 3. The van der Waals surface area contributed by atoms with Gasteiger partial charge in [0.25, 0.3) is 0 Å². The van der Waals surface area contributed by atoms with Gasteiger partial charge in [0.15, 0.2) is 0 Å². The highest BCUT2D eigenvalue weighted by molar-refractivity contribution is 7.89. The molecule has 1 N–H and O–H groups in total. The summed E-state index contributed by atoms with van der Waals surface area (Å²) in [4.78, 5) is 2.64. The van der Waals surface area contributed by atoms with Crippen LogP contribution >= 0.6 is 11.6 Å². The number of nitrogens with one attached hydrogen (secondary N) is 1. The van der Waals surface area contributed by atoms with E-state index in [2.05, 4.69) is 16.5 Å². The minimum atomic E-state index is -3.43. The molecular formula is C15H23ClN2O2S. The minimum Gasteiger partial charge on any atom is -0.299 e. The van der Waals surface area contributed by atoms with Crippen molar-refractivity contribution < 1.29 is 8.42 Å². The van der Waals surface area contributed by atoms with Crippen LogP contribution in [0.4, 0.5) is 0 Å². The largest absolute Gasteiger partial charge is 0.299 e. The molecule has 1 aromatic carbocycles. The molecular weight excluding hydrogens is 308 g/mol. The Morgan fingerprint density at radius 2 is 1.86 bits per heavy atom. The highest BCUT2D eigenvalue weighted by Gasteiger charge is 2.20. The number of alkyl halides is 1. The second-order valence-electron chi connectivity index (χ2n) is 5.53. The van der Waals surface area contributed by atoms with E-state index < -0.39 is 10.0 Å². The Labute approximate surface area is 132 Å². The van der Waals surface area contributed by atoms with E-state index in [4.69, 9.17) is 11.6 Å². The molecule has 0 bridgehead atoms. The highest BCUT2D eigenvalue weighted by atomic mass is 35.5. The Bertz CT molecular complexity index is 539. The summed E-state index contributed by atoms with van der Waals surface area (Å²) < 4.78 is 27.2. The van der Waals surface area contributed by atoms with Gasteiger partial charge in [-0.2, -0.15) is 0 Å². The van der Waals surface area contributed by atoms with E-state index in [-0.39, 0.29) is 6.04 Å². The molecule has 1 fully saturated rings. The molecule has 1 unspecified atom stereocenters. The van der Waals surface area contributed by atoms with Crippen molar-refractivity contribution in [1.82, 2.24) is 9.62 Å². The molecule has 21 heavy (non-hydrogen) atoms. The summed E-state index contributed by atoms with van der Waals surface area (Å²) in [5, 5.41) is 0. The van der Waals surface area contributed by atoms with E-state index in [0.29, 0.717) is 17.3 Å². The van der Waals surface area contributed by atoms with Crippen molar-refractivity contribution in [2.75, 3.05) is 25.5 Å². The second-order valence-corrected chi connectivity index (χ2v) is 7.67. The zero-order valence-corrected chi connectivity index (χ0v) is 14.0. The Balaban J connectivity index is 1.94. The van der Waals surface area contributed by atoms with E-state index in [1.165, 1.54) is 12.8 Å². The van der Waals surface area contributed by atoms with E-state index >= 15 is 0 Å². The Morgan fingerprint density at radius 1 is 1.24 bits per heavy atom. The molecule has 1 aliphatic heterocycles. The summed E-state index contributed by atoms with van der Waals surface area (Å²) in [6.07, 6.45) is 3.17. The summed E-state index contributed by atoms with van der Waals surface area (Å²) in [6, 6.07) is 7.16. The number of likely N-dealkylation sites (tertiary alicyclic amines) is 1. The fraction of sp³-hybridized carbons (Fsp3) is 0.600. The summed E-state index contributed by atoms with van der Waals surface area (Å²) in [5.74, 6) is 0.539. The van der Waals surface area contributed by atoms with Crippen LogP contribution in [-0.2, 0) is 16.4 Å². The normalized spacial score (nSPS) is 18.0. The van der Waals surface area contributed by atoms with Crippen molar-refractivity contribution in [3.63, 3.8) is 0 Å². The number of benzene rings is 1. The SMILES string of the molecule is CC(CNS(=O)(=O)c1ccc(CCCl)cc1)N1CCCC1. The number of aryl methyl sites for hydroxylation is 1. The topological polar surface area (TPSA) is 49.4 Å². The Morgan fingerprint density at radius 3 is 2.43 bits per heavy atom. The van der Waals surface area contributed by atoms with Gasteiger partial charge in [-0.3, -0.25) is 4.90 Å². The van der Waals surface area contributed by atoms with Crippen LogP contribution in [0.1, 0.15) is 25.3 Å². The molecule has 0 aliphatic carbocycles. The van der Waals surface area contributed by atoms with Crippen LogP contribution in [0.5, 0.6) is 0 Å². The number of halogens is 1. The molecule has 1 saturated heterocycles. The van der Waals surface area contributed by atoms with Gasteiger partial charge in [0.05, 0.1) is 4.90 Å². The predicted octanol–water partition coefficient (Wildman–Crippen LogP) is 2.23. The molecule has 1 heterocycles. The predicted molar refractivity (Wildman–Crippen MR) is 86.3 cm³/mol. The van der Waals surface area contributed by atoms with Crippen LogP contribution < -0.4 is 4.72 Å². The fourth-order valence-corrected chi connectivity index (χ4v) is 3.91. The lowest BCUT2D eigenvalue weighted by Crippen LogP contribution is -2.40. The number of nitrogens with zero attached hydrogens (tertiary/aromatic N) is 1. The van der Waals surface area contributed by atoms with Gasteiger partial charge in [0, 0.05) is 18.5 Å². The van der Waals surface area contributed by atoms with Crippen molar-refractivity contribution in [3.05, 3.63) is 29.8 Å². The van der Waals surface area contributed by atoms with E-state index in [1.807, 2.05) is 12.1 Å². The average molecular weight is 331 g/mol. The second kappa shape index (κ2) is 7.58.